The molecule has 5 heteroatoms. The molecule has 0 aliphatic rings. The summed E-state index contributed by atoms with van der Waals surface area (Å²) < 4.78 is 4.71. The van der Waals surface area contributed by atoms with Gasteiger partial charge in [0, 0.05) is 16.3 Å². The Kier molecular flexibility index (Phi) is 4.05. The molecule has 5 nitrogen and oxygen atoms in total. The van der Waals surface area contributed by atoms with Crippen molar-refractivity contribution in [2.45, 2.75) is 0 Å². The molecule has 132 valence electrons. The van der Waals surface area contributed by atoms with E-state index >= 15 is 0 Å². The largest absolute Gasteiger partial charge is 0.478 e. The number of hydrogen-bond acceptors (Lipinski definition) is 4. The second kappa shape index (κ2) is 6.53. The molecule has 0 radical (unpaired) electrons. The molecule has 0 bridgehead atoms. The van der Waals surface area contributed by atoms with Crippen LogP contribution in [0, 0.1) is 0 Å². The Bertz CT molecular complexity index is 1200. The number of carbonyl (C=O) groups excluding carboxylic acids is 1. The number of carboxylic acids is 1. The summed E-state index contributed by atoms with van der Waals surface area (Å²) in [6.45, 7) is 0. The average molecular weight is 357 g/mol. The molecule has 0 saturated carbocycles. The minimum Gasteiger partial charge on any atom is -0.478 e. The van der Waals surface area contributed by atoms with Gasteiger partial charge >= 0.3 is 11.9 Å². The molecule has 1 aromatic heterocycles. The van der Waals surface area contributed by atoms with Crippen molar-refractivity contribution in [1.82, 2.24) is 4.98 Å². The van der Waals surface area contributed by atoms with Gasteiger partial charge < -0.3 is 9.84 Å². The number of nitrogens with zero attached hydrogens (tertiary/aromatic N) is 1. The normalized spacial score (nSPS) is 10.9. The molecule has 1 N–H and O–H groups in total. The van der Waals surface area contributed by atoms with E-state index < -0.39 is 11.9 Å². The molecule has 0 saturated heterocycles. The number of ether oxygens (including phenoxy) is 1. The Morgan fingerprint density at radius 1 is 0.926 bits per heavy atom. The van der Waals surface area contributed by atoms with E-state index in [0.29, 0.717) is 22.2 Å². The lowest BCUT2D eigenvalue weighted by molar-refractivity contribution is 0.0600. The van der Waals surface area contributed by atoms with Crippen LogP contribution >= 0.6 is 0 Å². The van der Waals surface area contributed by atoms with Crippen molar-refractivity contribution in [2.24, 2.45) is 0 Å². The molecule has 0 amide bonds. The Morgan fingerprint density at radius 3 is 2.37 bits per heavy atom. The molecule has 1 heterocycles. The van der Waals surface area contributed by atoms with E-state index in [4.69, 9.17) is 9.72 Å². The first-order valence-corrected chi connectivity index (χ1v) is 8.33. The van der Waals surface area contributed by atoms with Gasteiger partial charge in [0.2, 0.25) is 0 Å². The maximum absolute atomic E-state index is 11.8. The summed E-state index contributed by atoms with van der Waals surface area (Å²) in [5, 5.41) is 12.2. The summed E-state index contributed by atoms with van der Waals surface area (Å²) in [7, 11) is 1.32. The maximum atomic E-state index is 11.8. The van der Waals surface area contributed by atoms with Crippen molar-refractivity contribution in [3.8, 4) is 11.3 Å². The predicted octanol–water partition coefficient (Wildman–Crippen LogP) is 4.54. The Balaban J connectivity index is 1.97. The number of pyridine rings is 1. The standard InChI is InChI=1S/C22H15NO4/c1-27-22(26)15-8-6-14(7-9-15)19-12-18(21(24)25)17-11-10-13-4-2-3-5-16(13)20(17)23-19/h2-12H,1H3,(H,24,25). The molecule has 0 aliphatic heterocycles. The molecular weight excluding hydrogens is 342 g/mol. The topological polar surface area (TPSA) is 76.5 Å². The van der Waals surface area contributed by atoms with E-state index in [1.807, 2.05) is 30.3 Å². The van der Waals surface area contributed by atoms with Crippen LogP contribution in [0.4, 0.5) is 0 Å². The zero-order valence-corrected chi connectivity index (χ0v) is 14.5. The first-order chi connectivity index (χ1) is 13.1. The van der Waals surface area contributed by atoms with Gasteiger partial charge in [-0.1, -0.05) is 48.5 Å². The molecule has 4 aromatic rings. The van der Waals surface area contributed by atoms with Gasteiger partial charge in [0.1, 0.15) is 0 Å². The summed E-state index contributed by atoms with van der Waals surface area (Å²) in [6.07, 6.45) is 0. The van der Waals surface area contributed by atoms with Crippen molar-refractivity contribution in [2.75, 3.05) is 7.11 Å². The van der Waals surface area contributed by atoms with E-state index in [-0.39, 0.29) is 5.56 Å². The van der Waals surface area contributed by atoms with E-state index in [0.717, 1.165) is 16.3 Å². The van der Waals surface area contributed by atoms with Gasteiger partial charge in [0.05, 0.1) is 29.4 Å². The lowest BCUT2D eigenvalue weighted by Crippen LogP contribution is -2.02. The number of aromatic nitrogens is 1. The molecule has 0 spiro atoms. The van der Waals surface area contributed by atoms with Gasteiger partial charge in [-0.3, -0.25) is 0 Å². The van der Waals surface area contributed by atoms with Crippen LogP contribution in [-0.4, -0.2) is 29.1 Å². The third-order valence-corrected chi connectivity index (χ3v) is 4.54. The lowest BCUT2D eigenvalue weighted by atomic mass is 10.00. The highest BCUT2D eigenvalue weighted by Crippen LogP contribution is 2.30. The molecule has 0 fully saturated rings. The lowest BCUT2D eigenvalue weighted by Gasteiger charge is -2.10. The zero-order chi connectivity index (χ0) is 19.0. The summed E-state index contributed by atoms with van der Waals surface area (Å²) in [5.74, 6) is -1.43. The molecule has 27 heavy (non-hydrogen) atoms. The molecular formula is C22H15NO4. The van der Waals surface area contributed by atoms with Crippen LogP contribution in [0.15, 0.2) is 66.7 Å². The monoisotopic (exact) mass is 357 g/mol. The molecule has 3 aromatic carbocycles. The first-order valence-electron chi connectivity index (χ1n) is 8.33. The average Bonchev–Trinajstić information content (AvgIpc) is 2.72. The Labute approximate surface area is 154 Å². The molecule has 4 rings (SSSR count). The minimum absolute atomic E-state index is 0.192. The third kappa shape index (κ3) is 2.89. The van der Waals surface area contributed by atoms with Crippen LogP contribution in [-0.2, 0) is 4.74 Å². The second-order valence-corrected chi connectivity index (χ2v) is 6.11. The highest BCUT2D eigenvalue weighted by Gasteiger charge is 2.15. The molecule has 0 aliphatic carbocycles. The van der Waals surface area contributed by atoms with Crippen molar-refractivity contribution >= 4 is 33.6 Å². The van der Waals surface area contributed by atoms with Gasteiger partial charge in [0.25, 0.3) is 0 Å². The van der Waals surface area contributed by atoms with Crippen molar-refractivity contribution in [3.05, 3.63) is 77.9 Å². The fourth-order valence-corrected chi connectivity index (χ4v) is 3.18. The van der Waals surface area contributed by atoms with Crippen molar-refractivity contribution in [1.29, 1.82) is 0 Å². The van der Waals surface area contributed by atoms with Gasteiger partial charge in [-0.15, -0.1) is 0 Å². The quantitative estimate of drug-likeness (QED) is 0.430. The SMILES string of the molecule is COC(=O)c1ccc(-c2cc(C(=O)O)c3ccc4ccccc4c3n2)cc1. The van der Waals surface area contributed by atoms with Crippen LogP contribution in [0.1, 0.15) is 20.7 Å². The number of benzene rings is 3. The van der Waals surface area contributed by atoms with Gasteiger partial charge in [-0.05, 0) is 23.6 Å². The Morgan fingerprint density at radius 2 is 1.67 bits per heavy atom. The number of fused-ring (bicyclic) bond motifs is 3. The summed E-state index contributed by atoms with van der Waals surface area (Å²) in [4.78, 5) is 28.2. The Hall–Kier alpha value is -3.73. The fourth-order valence-electron chi connectivity index (χ4n) is 3.18. The smallest absolute Gasteiger partial charge is 0.337 e. The molecule has 0 atom stereocenters. The fraction of sp³-hybridized carbons (Fsp3) is 0.0455. The number of esters is 1. The minimum atomic E-state index is -1.01. The van der Waals surface area contributed by atoms with Crippen molar-refractivity contribution < 1.29 is 19.4 Å². The summed E-state index contributed by atoms with van der Waals surface area (Å²) in [6, 6.07) is 19.7. The zero-order valence-electron chi connectivity index (χ0n) is 14.5. The number of methoxy groups -OCH3 is 1. The first kappa shape index (κ1) is 16.7. The van der Waals surface area contributed by atoms with Crippen LogP contribution in [0.3, 0.4) is 0 Å². The van der Waals surface area contributed by atoms with Crippen LogP contribution in [0.2, 0.25) is 0 Å². The maximum Gasteiger partial charge on any atom is 0.337 e. The number of carbonyl (C=O) groups is 2. The number of carboxylic acid groups (broad SMARTS) is 1. The number of rotatable bonds is 3. The van der Waals surface area contributed by atoms with Crippen LogP contribution in [0.5, 0.6) is 0 Å². The number of hydrogen-bond donors (Lipinski definition) is 1. The second-order valence-electron chi connectivity index (χ2n) is 6.11. The number of aromatic carboxylic acids is 1. The summed E-state index contributed by atoms with van der Waals surface area (Å²) >= 11 is 0. The van der Waals surface area contributed by atoms with E-state index in [9.17, 15) is 14.7 Å². The van der Waals surface area contributed by atoms with E-state index in [2.05, 4.69) is 0 Å². The van der Waals surface area contributed by atoms with Gasteiger partial charge in [-0.2, -0.15) is 0 Å². The highest BCUT2D eigenvalue weighted by molar-refractivity contribution is 6.12. The van der Waals surface area contributed by atoms with Gasteiger partial charge in [-0.25, -0.2) is 14.6 Å². The van der Waals surface area contributed by atoms with Crippen molar-refractivity contribution in [3.63, 3.8) is 0 Å². The third-order valence-electron chi connectivity index (χ3n) is 4.54. The van der Waals surface area contributed by atoms with Gasteiger partial charge in [0.15, 0.2) is 0 Å². The van der Waals surface area contributed by atoms with Crippen LogP contribution in [0.25, 0.3) is 32.9 Å². The summed E-state index contributed by atoms with van der Waals surface area (Å²) in [5.41, 5.74) is 2.51. The van der Waals surface area contributed by atoms with E-state index in [1.165, 1.54) is 7.11 Å². The predicted molar refractivity (Wildman–Crippen MR) is 103 cm³/mol. The van der Waals surface area contributed by atoms with Crippen LogP contribution < -0.4 is 0 Å². The molecule has 0 unspecified atom stereocenters. The van der Waals surface area contributed by atoms with E-state index in [1.54, 1.807) is 36.4 Å². The highest BCUT2D eigenvalue weighted by atomic mass is 16.5.